The third-order valence-corrected chi connectivity index (χ3v) is 6.67. The summed E-state index contributed by atoms with van der Waals surface area (Å²) >= 11 is 13.4. The van der Waals surface area contributed by atoms with Crippen molar-refractivity contribution in [2.24, 2.45) is 0 Å². The van der Waals surface area contributed by atoms with E-state index in [0.29, 0.717) is 26.9 Å². The van der Waals surface area contributed by atoms with E-state index in [-0.39, 0.29) is 11.6 Å². The molecule has 0 spiro atoms. The van der Waals surface area contributed by atoms with Crippen LogP contribution in [0.1, 0.15) is 11.1 Å². The van der Waals surface area contributed by atoms with Crippen LogP contribution in [0.3, 0.4) is 0 Å². The van der Waals surface area contributed by atoms with Gasteiger partial charge >= 0.3 is 6.18 Å². The molecule has 0 aliphatic rings. The molecule has 0 saturated heterocycles. The molecule has 2 rings (SSSR count). The van der Waals surface area contributed by atoms with E-state index in [1.807, 2.05) is 18.2 Å². The van der Waals surface area contributed by atoms with Gasteiger partial charge in [-0.05, 0) is 35.9 Å². The van der Waals surface area contributed by atoms with E-state index in [4.69, 9.17) is 23.2 Å². The highest BCUT2D eigenvalue weighted by molar-refractivity contribution is 7.98. The SMILES string of the molecule is CS(=O)(=O)N(CC(=O)NCCSCc1cccc(Cl)c1)c1cc(C(F)(F)F)ccc1Cl. The number of hydrogen-bond acceptors (Lipinski definition) is 4. The van der Waals surface area contributed by atoms with E-state index in [2.05, 4.69) is 5.32 Å². The van der Waals surface area contributed by atoms with Gasteiger partial charge in [0.2, 0.25) is 15.9 Å². The van der Waals surface area contributed by atoms with Gasteiger partial charge in [0.25, 0.3) is 0 Å². The van der Waals surface area contributed by atoms with Crippen LogP contribution in [-0.4, -0.2) is 39.4 Å². The first-order chi connectivity index (χ1) is 14.4. The van der Waals surface area contributed by atoms with E-state index >= 15 is 0 Å². The Kier molecular flexibility index (Phi) is 8.93. The highest BCUT2D eigenvalue weighted by Gasteiger charge is 2.33. The molecule has 0 aliphatic carbocycles. The molecule has 170 valence electrons. The first-order valence-electron chi connectivity index (χ1n) is 8.81. The summed E-state index contributed by atoms with van der Waals surface area (Å²) in [7, 11) is -4.07. The highest BCUT2D eigenvalue weighted by Crippen LogP contribution is 2.36. The molecule has 0 radical (unpaired) electrons. The summed E-state index contributed by atoms with van der Waals surface area (Å²) in [5.41, 5.74) is -0.464. The number of anilines is 1. The molecule has 0 heterocycles. The van der Waals surface area contributed by atoms with Crippen molar-refractivity contribution >= 4 is 56.6 Å². The number of rotatable bonds is 9. The van der Waals surface area contributed by atoms with Crippen LogP contribution >= 0.6 is 35.0 Å². The number of thioether (sulfide) groups is 1. The zero-order valence-corrected chi connectivity index (χ0v) is 19.4. The molecular formula is C19H19Cl2F3N2O3S2. The lowest BCUT2D eigenvalue weighted by atomic mass is 10.2. The summed E-state index contributed by atoms with van der Waals surface area (Å²) in [6.07, 6.45) is -3.90. The van der Waals surface area contributed by atoms with Gasteiger partial charge in [0.05, 0.1) is 22.5 Å². The summed E-state index contributed by atoms with van der Waals surface area (Å²) in [6.45, 7) is -0.448. The topological polar surface area (TPSA) is 66.5 Å². The number of carbonyl (C=O) groups excluding carboxylic acids is 1. The summed E-state index contributed by atoms with van der Waals surface area (Å²) in [6, 6.07) is 9.64. The van der Waals surface area contributed by atoms with Gasteiger partial charge in [-0.1, -0.05) is 35.3 Å². The lowest BCUT2D eigenvalue weighted by Gasteiger charge is -2.24. The number of nitrogens with zero attached hydrogens (tertiary/aromatic N) is 1. The molecule has 1 N–H and O–H groups in total. The molecule has 0 aromatic heterocycles. The van der Waals surface area contributed by atoms with Crippen LogP contribution in [0.5, 0.6) is 0 Å². The third-order valence-electron chi connectivity index (χ3n) is 3.96. The Hall–Kier alpha value is -1.62. The summed E-state index contributed by atoms with van der Waals surface area (Å²) < 4.78 is 63.8. The molecule has 5 nitrogen and oxygen atoms in total. The molecule has 0 atom stereocenters. The fraction of sp³-hybridized carbons (Fsp3) is 0.316. The van der Waals surface area contributed by atoms with Crippen molar-refractivity contribution in [1.82, 2.24) is 5.32 Å². The van der Waals surface area contributed by atoms with Crippen molar-refractivity contribution in [2.45, 2.75) is 11.9 Å². The lowest BCUT2D eigenvalue weighted by Crippen LogP contribution is -2.41. The molecule has 2 aromatic rings. The van der Waals surface area contributed by atoms with Crippen LogP contribution in [0.2, 0.25) is 10.0 Å². The van der Waals surface area contributed by atoms with Crippen molar-refractivity contribution in [3.8, 4) is 0 Å². The Balaban J connectivity index is 1.98. The van der Waals surface area contributed by atoms with Crippen LogP contribution in [0, 0.1) is 0 Å². The van der Waals surface area contributed by atoms with Gasteiger partial charge in [-0.15, -0.1) is 0 Å². The molecule has 31 heavy (non-hydrogen) atoms. The predicted molar refractivity (Wildman–Crippen MR) is 119 cm³/mol. The van der Waals surface area contributed by atoms with Crippen LogP contribution in [-0.2, 0) is 26.7 Å². The van der Waals surface area contributed by atoms with Gasteiger partial charge in [0.15, 0.2) is 0 Å². The maximum absolute atomic E-state index is 13.0. The monoisotopic (exact) mass is 514 g/mol. The number of nitrogens with one attached hydrogen (secondary N) is 1. The van der Waals surface area contributed by atoms with E-state index < -0.39 is 39.9 Å². The second-order valence-electron chi connectivity index (χ2n) is 6.47. The third kappa shape index (κ3) is 8.10. The maximum atomic E-state index is 13.0. The normalized spacial score (nSPS) is 11.9. The molecule has 2 aromatic carbocycles. The average molecular weight is 515 g/mol. The second-order valence-corrected chi connectivity index (χ2v) is 10.3. The number of amides is 1. The molecule has 0 aliphatic heterocycles. The number of alkyl halides is 3. The van der Waals surface area contributed by atoms with Gasteiger partial charge < -0.3 is 5.32 Å². The lowest BCUT2D eigenvalue weighted by molar-refractivity contribution is -0.137. The first kappa shape index (κ1) is 25.6. The van der Waals surface area contributed by atoms with E-state index in [1.165, 1.54) is 11.8 Å². The van der Waals surface area contributed by atoms with Crippen molar-refractivity contribution in [2.75, 3.05) is 29.4 Å². The number of sulfonamides is 1. The van der Waals surface area contributed by atoms with Crippen LogP contribution < -0.4 is 9.62 Å². The van der Waals surface area contributed by atoms with Crippen molar-refractivity contribution in [3.05, 3.63) is 63.6 Å². The Bertz CT molecular complexity index is 1030. The number of halogens is 5. The summed E-state index contributed by atoms with van der Waals surface area (Å²) in [5, 5.41) is 2.97. The van der Waals surface area contributed by atoms with Crippen LogP contribution in [0.25, 0.3) is 0 Å². The number of benzene rings is 2. The van der Waals surface area contributed by atoms with E-state index in [1.54, 1.807) is 6.07 Å². The zero-order valence-electron chi connectivity index (χ0n) is 16.2. The van der Waals surface area contributed by atoms with Gasteiger partial charge in [0, 0.05) is 23.1 Å². The number of carbonyl (C=O) groups is 1. The molecule has 0 fully saturated rings. The Morgan fingerprint density at radius 1 is 1.16 bits per heavy atom. The predicted octanol–water partition coefficient (Wildman–Crippen LogP) is 4.83. The summed E-state index contributed by atoms with van der Waals surface area (Å²) in [4.78, 5) is 12.2. The summed E-state index contributed by atoms with van der Waals surface area (Å²) in [5.74, 6) is 0.551. The molecule has 0 bridgehead atoms. The van der Waals surface area contributed by atoms with Crippen LogP contribution in [0.4, 0.5) is 18.9 Å². The molecule has 0 unspecified atom stereocenters. The highest BCUT2D eigenvalue weighted by atomic mass is 35.5. The average Bonchev–Trinajstić information content (AvgIpc) is 2.65. The van der Waals surface area contributed by atoms with Crippen molar-refractivity contribution in [3.63, 3.8) is 0 Å². The minimum Gasteiger partial charge on any atom is -0.354 e. The van der Waals surface area contributed by atoms with Crippen molar-refractivity contribution < 1.29 is 26.4 Å². The minimum absolute atomic E-state index is 0.219. The van der Waals surface area contributed by atoms with Crippen LogP contribution in [0.15, 0.2) is 42.5 Å². The number of hydrogen-bond donors (Lipinski definition) is 1. The largest absolute Gasteiger partial charge is 0.416 e. The first-order valence-corrected chi connectivity index (χ1v) is 12.6. The molecule has 0 saturated carbocycles. The van der Waals surface area contributed by atoms with Gasteiger partial charge in [-0.25, -0.2) is 8.42 Å². The standard InChI is InChI=1S/C19H19Cl2F3N2O3S2/c1-31(28,29)26(17-10-14(19(22,23)24)5-6-16(17)21)11-18(27)25-7-8-30-12-13-3-2-4-15(20)9-13/h2-6,9-10H,7-8,11-12H2,1H3,(H,25,27). The van der Waals surface area contributed by atoms with Crippen molar-refractivity contribution in [1.29, 1.82) is 0 Å². The Morgan fingerprint density at radius 2 is 1.87 bits per heavy atom. The fourth-order valence-electron chi connectivity index (χ4n) is 2.53. The Morgan fingerprint density at radius 3 is 2.48 bits per heavy atom. The van der Waals surface area contributed by atoms with Gasteiger partial charge in [-0.3, -0.25) is 9.10 Å². The fourth-order valence-corrected chi connectivity index (χ4v) is 4.68. The smallest absolute Gasteiger partial charge is 0.354 e. The molecule has 12 heteroatoms. The van der Waals surface area contributed by atoms with E-state index in [9.17, 15) is 26.4 Å². The van der Waals surface area contributed by atoms with E-state index in [0.717, 1.165) is 24.0 Å². The maximum Gasteiger partial charge on any atom is 0.416 e. The van der Waals surface area contributed by atoms with Gasteiger partial charge in [-0.2, -0.15) is 24.9 Å². The second kappa shape index (κ2) is 10.8. The molecule has 1 amide bonds. The zero-order chi connectivity index (χ0) is 23.2. The van der Waals surface area contributed by atoms with Gasteiger partial charge in [0.1, 0.15) is 6.54 Å². The quantitative estimate of drug-likeness (QED) is 0.486. The minimum atomic E-state index is -4.69. The molecular weight excluding hydrogens is 496 g/mol. The Labute approximate surface area is 193 Å².